The van der Waals surface area contributed by atoms with E-state index >= 15 is 0 Å². The van der Waals surface area contributed by atoms with Gasteiger partial charge in [-0.05, 0) is 17.6 Å². The first-order chi connectivity index (χ1) is 6.72. The number of aromatic nitrogens is 2. The van der Waals surface area contributed by atoms with Gasteiger partial charge < -0.3 is 14.8 Å². The van der Waals surface area contributed by atoms with Gasteiger partial charge in [-0.3, -0.25) is 5.10 Å². The topological polar surface area (TPSA) is 78.4 Å². The van der Waals surface area contributed by atoms with Crippen LogP contribution in [0.15, 0.2) is 18.3 Å². The largest absolute Gasteiger partial charge is 0.496 e. The average molecular weight is 192 g/mol. The third kappa shape index (κ3) is 1.34. The van der Waals surface area contributed by atoms with Crippen LogP contribution >= 0.6 is 0 Å². The molecule has 0 aliphatic carbocycles. The summed E-state index contributed by atoms with van der Waals surface area (Å²) in [5, 5.41) is 25.4. The Morgan fingerprint density at radius 3 is 2.86 bits per heavy atom. The summed E-state index contributed by atoms with van der Waals surface area (Å²) in [7, 11) is 0.0200. The van der Waals surface area contributed by atoms with Gasteiger partial charge in [0.15, 0.2) is 0 Å². The van der Waals surface area contributed by atoms with Crippen molar-refractivity contribution in [2.24, 2.45) is 0 Å². The van der Waals surface area contributed by atoms with E-state index in [1.807, 2.05) is 0 Å². The predicted octanol–water partition coefficient (Wildman–Crippen LogP) is -0.749. The number of benzene rings is 1. The van der Waals surface area contributed by atoms with E-state index in [1.165, 1.54) is 7.11 Å². The van der Waals surface area contributed by atoms with Crippen LogP contribution in [-0.4, -0.2) is 34.5 Å². The van der Waals surface area contributed by atoms with Gasteiger partial charge in [0, 0.05) is 0 Å². The molecule has 0 amide bonds. The Bertz CT molecular complexity index is 455. The summed E-state index contributed by atoms with van der Waals surface area (Å²) in [5.74, 6) is 0.569. The number of nitrogens with zero attached hydrogens (tertiary/aromatic N) is 1. The summed E-state index contributed by atoms with van der Waals surface area (Å²) in [6, 6.07) is 3.19. The van der Waals surface area contributed by atoms with Crippen molar-refractivity contribution in [3.63, 3.8) is 0 Å². The number of methoxy groups -OCH3 is 1. The van der Waals surface area contributed by atoms with E-state index in [1.54, 1.807) is 18.3 Å². The number of aromatic amines is 1. The van der Waals surface area contributed by atoms with E-state index in [2.05, 4.69) is 10.2 Å². The number of hydrogen-bond donors (Lipinski definition) is 3. The van der Waals surface area contributed by atoms with Gasteiger partial charge in [0.1, 0.15) is 5.75 Å². The third-order valence-electron chi connectivity index (χ3n) is 2.06. The lowest BCUT2D eigenvalue weighted by atomic mass is 9.80. The molecular weight excluding hydrogens is 183 g/mol. The molecule has 0 unspecified atom stereocenters. The van der Waals surface area contributed by atoms with Crippen LogP contribution in [0.4, 0.5) is 0 Å². The van der Waals surface area contributed by atoms with Crippen molar-refractivity contribution in [2.75, 3.05) is 7.11 Å². The zero-order chi connectivity index (χ0) is 10.1. The molecule has 5 nitrogen and oxygen atoms in total. The van der Waals surface area contributed by atoms with E-state index < -0.39 is 7.12 Å². The molecule has 1 aromatic heterocycles. The molecule has 1 heterocycles. The first-order valence-electron chi connectivity index (χ1n) is 4.09. The van der Waals surface area contributed by atoms with Crippen LogP contribution in [0.3, 0.4) is 0 Å². The van der Waals surface area contributed by atoms with E-state index in [4.69, 9.17) is 14.8 Å². The zero-order valence-electron chi connectivity index (χ0n) is 7.56. The van der Waals surface area contributed by atoms with Crippen molar-refractivity contribution in [3.05, 3.63) is 18.3 Å². The summed E-state index contributed by atoms with van der Waals surface area (Å²) in [6.45, 7) is 0. The average Bonchev–Trinajstić information content (AvgIpc) is 2.63. The van der Waals surface area contributed by atoms with Crippen molar-refractivity contribution in [1.82, 2.24) is 10.2 Å². The molecule has 3 N–H and O–H groups in total. The molecule has 72 valence electrons. The van der Waals surface area contributed by atoms with Gasteiger partial charge in [-0.15, -0.1) is 0 Å². The number of nitrogens with one attached hydrogen (secondary N) is 1. The monoisotopic (exact) mass is 192 g/mol. The number of fused-ring (bicyclic) bond motifs is 1. The van der Waals surface area contributed by atoms with E-state index in [0.29, 0.717) is 16.7 Å². The van der Waals surface area contributed by atoms with Crippen LogP contribution in [-0.2, 0) is 0 Å². The molecule has 0 fully saturated rings. The molecule has 0 aliphatic heterocycles. The minimum absolute atomic E-state index is 0.374. The highest BCUT2D eigenvalue weighted by molar-refractivity contribution is 6.59. The Kier molecular flexibility index (Phi) is 2.15. The molecule has 0 bridgehead atoms. The molecule has 0 radical (unpaired) electrons. The summed E-state index contributed by atoms with van der Waals surface area (Å²) in [4.78, 5) is 0. The van der Waals surface area contributed by atoms with Gasteiger partial charge >= 0.3 is 7.12 Å². The van der Waals surface area contributed by atoms with Gasteiger partial charge in [-0.25, -0.2) is 0 Å². The minimum Gasteiger partial charge on any atom is -0.496 e. The van der Waals surface area contributed by atoms with Gasteiger partial charge in [0.2, 0.25) is 0 Å². The minimum atomic E-state index is -1.50. The molecular formula is C8H9BN2O3. The second-order valence-electron chi connectivity index (χ2n) is 2.93. The van der Waals surface area contributed by atoms with Crippen LogP contribution in [0.5, 0.6) is 5.75 Å². The maximum absolute atomic E-state index is 9.01. The molecule has 0 saturated heterocycles. The van der Waals surface area contributed by atoms with Crippen molar-refractivity contribution in [3.8, 4) is 5.75 Å². The van der Waals surface area contributed by atoms with Crippen LogP contribution in [0.25, 0.3) is 10.9 Å². The second-order valence-corrected chi connectivity index (χ2v) is 2.93. The Hall–Kier alpha value is -1.53. The summed E-state index contributed by atoms with van der Waals surface area (Å²) >= 11 is 0. The Balaban J connectivity index is 2.67. The number of hydrogen-bond acceptors (Lipinski definition) is 4. The first-order valence-corrected chi connectivity index (χ1v) is 4.09. The molecule has 1 aromatic carbocycles. The van der Waals surface area contributed by atoms with E-state index in [-0.39, 0.29) is 0 Å². The van der Waals surface area contributed by atoms with Gasteiger partial charge in [0.05, 0.1) is 24.2 Å². The molecule has 14 heavy (non-hydrogen) atoms. The molecule has 0 saturated carbocycles. The SMILES string of the molecule is COc1cc(B(O)O)cc2[nH]ncc12. The number of H-pyrrole nitrogens is 1. The van der Waals surface area contributed by atoms with E-state index in [0.717, 1.165) is 5.39 Å². The molecule has 2 rings (SSSR count). The highest BCUT2D eigenvalue weighted by atomic mass is 16.5. The fourth-order valence-electron chi connectivity index (χ4n) is 1.36. The van der Waals surface area contributed by atoms with Crippen molar-refractivity contribution in [1.29, 1.82) is 0 Å². The second kappa shape index (κ2) is 3.32. The third-order valence-corrected chi connectivity index (χ3v) is 2.06. The fourth-order valence-corrected chi connectivity index (χ4v) is 1.36. The van der Waals surface area contributed by atoms with Gasteiger partial charge in [-0.2, -0.15) is 5.10 Å². The Labute approximate surface area is 80.5 Å². The van der Waals surface area contributed by atoms with Crippen molar-refractivity contribution in [2.45, 2.75) is 0 Å². The smallest absolute Gasteiger partial charge is 0.488 e. The van der Waals surface area contributed by atoms with Crippen LogP contribution in [0, 0.1) is 0 Å². The zero-order valence-corrected chi connectivity index (χ0v) is 7.56. The maximum Gasteiger partial charge on any atom is 0.488 e. The molecule has 0 spiro atoms. The van der Waals surface area contributed by atoms with Gasteiger partial charge in [-0.1, -0.05) is 0 Å². The van der Waals surface area contributed by atoms with Crippen molar-refractivity contribution < 1.29 is 14.8 Å². The fraction of sp³-hybridized carbons (Fsp3) is 0.125. The summed E-state index contributed by atoms with van der Waals surface area (Å²) in [6.07, 6.45) is 1.63. The lowest BCUT2D eigenvalue weighted by Crippen LogP contribution is -2.29. The number of rotatable bonds is 2. The standard InChI is InChI=1S/C8H9BN2O3/c1-14-8-3-5(9(12)13)2-7-6(8)4-10-11-7/h2-4,12-13H,1H3,(H,10,11). The Morgan fingerprint density at radius 1 is 1.43 bits per heavy atom. The highest BCUT2D eigenvalue weighted by Gasteiger charge is 2.15. The molecule has 6 heteroatoms. The maximum atomic E-state index is 9.01. The van der Waals surface area contributed by atoms with Crippen molar-refractivity contribution >= 4 is 23.5 Å². The molecule has 0 aliphatic rings. The Morgan fingerprint density at radius 2 is 2.21 bits per heavy atom. The highest BCUT2D eigenvalue weighted by Crippen LogP contribution is 2.21. The lowest BCUT2D eigenvalue weighted by molar-refractivity contribution is 0.416. The van der Waals surface area contributed by atoms with Crippen LogP contribution < -0.4 is 10.2 Å². The molecule has 0 atom stereocenters. The van der Waals surface area contributed by atoms with Crippen LogP contribution in [0.1, 0.15) is 0 Å². The van der Waals surface area contributed by atoms with E-state index in [9.17, 15) is 0 Å². The normalized spacial score (nSPS) is 10.5. The predicted molar refractivity (Wildman–Crippen MR) is 52.5 cm³/mol. The van der Waals surface area contributed by atoms with Gasteiger partial charge in [0.25, 0.3) is 0 Å². The lowest BCUT2D eigenvalue weighted by Gasteiger charge is -2.04. The first kappa shape index (κ1) is 9.05. The summed E-state index contributed by atoms with van der Waals surface area (Å²) < 4.78 is 5.09. The quantitative estimate of drug-likeness (QED) is 0.547. The summed E-state index contributed by atoms with van der Waals surface area (Å²) in [5.41, 5.74) is 1.09. The molecule has 2 aromatic rings. The van der Waals surface area contributed by atoms with Crippen LogP contribution in [0.2, 0.25) is 0 Å². The number of ether oxygens (including phenoxy) is 1.